The first-order valence-corrected chi connectivity index (χ1v) is 3.90. The fraction of sp³-hybridized carbons (Fsp3) is 0.625. The number of ether oxygens (including phenoxy) is 1. The third kappa shape index (κ3) is 2.35. The van der Waals surface area contributed by atoms with Crippen LogP contribution in [0, 0.1) is 6.92 Å². The molecule has 0 aliphatic heterocycles. The van der Waals surface area contributed by atoms with Crippen molar-refractivity contribution < 1.29 is 4.74 Å². The number of hydrogen-bond donors (Lipinski definition) is 0. The van der Waals surface area contributed by atoms with E-state index in [2.05, 4.69) is 9.55 Å². The lowest BCUT2D eigenvalue weighted by Gasteiger charge is -2.03. The van der Waals surface area contributed by atoms with Crippen LogP contribution in [0.5, 0.6) is 0 Å². The Hall–Kier alpha value is -0.830. The summed E-state index contributed by atoms with van der Waals surface area (Å²) in [7, 11) is 0. The smallest absolute Gasteiger partial charge is 0.105 e. The van der Waals surface area contributed by atoms with Gasteiger partial charge in [0.05, 0.1) is 6.61 Å². The second kappa shape index (κ2) is 4.13. The van der Waals surface area contributed by atoms with E-state index in [0.29, 0.717) is 0 Å². The molecule has 0 unspecified atom stereocenters. The summed E-state index contributed by atoms with van der Waals surface area (Å²) in [4.78, 5) is 4.10. The van der Waals surface area contributed by atoms with Crippen molar-refractivity contribution in [3.8, 4) is 0 Å². The number of hydrogen-bond acceptors (Lipinski definition) is 2. The van der Waals surface area contributed by atoms with Gasteiger partial charge in [0.15, 0.2) is 0 Å². The van der Waals surface area contributed by atoms with Gasteiger partial charge in [-0.3, -0.25) is 0 Å². The second-order valence-electron chi connectivity index (χ2n) is 2.36. The highest BCUT2D eigenvalue weighted by Gasteiger charge is 1.94. The van der Waals surface area contributed by atoms with Gasteiger partial charge in [0.25, 0.3) is 0 Å². The highest BCUT2D eigenvalue weighted by Crippen LogP contribution is 1.94. The van der Waals surface area contributed by atoms with Crippen molar-refractivity contribution in [1.82, 2.24) is 9.55 Å². The van der Waals surface area contributed by atoms with Crippen molar-refractivity contribution in [2.24, 2.45) is 0 Å². The zero-order valence-electron chi connectivity index (χ0n) is 7.08. The number of imidazole rings is 1. The molecule has 1 heterocycles. The lowest BCUT2D eigenvalue weighted by atomic mass is 10.6. The Morgan fingerprint density at radius 2 is 2.45 bits per heavy atom. The van der Waals surface area contributed by atoms with E-state index in [4.69, 9.17) is 4.74 Å². The summed E-state index contributed by atoms with van der Waals surface area (Å²) in [6.45, 7) is 6.45. The molecule has 0 amide bonds. The molecule has 3 nitrogen and oxygen atoms in total. The molecule has 3 heteroatoms. The lowest BCUT2D eigenvalue weighted by Crippen LogP contribution is -2.06. The SMILES string of the molecule is CCOCCn1ccnc1C. The van der Waals surface area contributed by atoms with Gasteiger partial charge in [0.2, 0.25) is 0 Å². The molecule has 0 spiro atoms. The van der Waals surface area contributed by atoms with Crippen LogP contribution in [0.4, 0.5) is 0 Å². The van der Waals surface area contributed by atoms with Crippen molar-refractivity contribution in [3.05, 3.63) is 18.2 Å². The van der Waals surface area contributed by atoms with E-state index in [1.807, 2.05) is 20.0 Å². The van der Waals surface area contributed by atoms with Crippen LogP contribution in [0.3, 0.4) is 0 Å². The molecule has 0 saturated heterocycles. The van der Waals surface area contributed by atoms with E-state index in [9.17, 15) is 0 Å². The van der Waals surface area contributed by atoms with Crippen LogP contribution in [0.1, 0.15) is 12.7 Å². The molecule has 0 N–H and O–H groups in total. The van der Waals surface area contributed by atoms with Gasteiger partial charge in [-0.05, 0) is 13.8 Å². The predicted molar refractivity (Wildman–Crippen MR) is 43.5 cm³/mol. The maximum absolute atomic E-state index is 5.21. The quantitative estimate of drug-likeness (QED) is 0.610. The third-order valence-electron chi connectivity index (χ3n) is 1.60. The molecule has 0 saturated carbocycles. The lowest BCUT2D eigenvalue weighted by molar-refractivity contribution is 0.138. The zero-order valence-corrected chi connectivity index (χ0v) is 7.08. The molecule has 0 aromatic carbocycles. The van der Waals surface area contributed by atoms with Crippen molar-refractivity contribution >= 4 is 0 Å². The van der Waals surface area contributed by atoms with E-state index in [0.717, 1.165) is 25.6 Å². The number of aromatic nitrogens is 2. The average Bonchev–Trinajstić information content (AvgIpc) is 2.37. The highest BCUT2D eigenvalue weighted by molar-refractivity contribution is 4.87. The van der Waals surface area contributed by atoms with Crippen LogP contribution >= 0.6 is 0 Å². The molecule has 0 fully saturated rings. The minimum atomic E-state index is 0.772. The number of nitrogens with zero attached hydrogens (tertiary/aromatic N) is 2. The van der Waals surface area contributed by atoms with Crippen molar-refractivity contribution in [3.63, 3.8) is 0 Å². The first kappa shape index (κ1) is 8.27. The molecular formula is C8H14N2O. The van der Waals surface area contributed by atoms with Gasteiger partial charge in [-0.25, -0.2) is 4.98 Å². The molecule has 1 aromatic heterocycles. The average molecular weight is 154 g/mol. The van der Waals surface area contributed by atoms with Crippen LogP contribution in [0.15, 0.2) is 12.4 Å². The van der Waals surface area contributed by atoms with Gasteiger partial charge in [-0.2, -0.15) is 0 Å². The number of rotatable bonds is 4. The molecular weight excluding hydrogens is 140 g/mol. The Morgan fingerprint density at radius 1 is 1.64 bits per heavy atom. The minimum absolute atomic E-state index is 0.772. The van der Waals surface area contributed by atoms with Gasteiger partial charge < -0.3 is 9.30 Å². The molecule has 1 aromatic rings. The van der Waals surface area contributed by atoms with Crippen LogP contribution in [-0.4, -0.2) is 22.8 Å². The second-order valence-corrected chi connectivity index (χ2v) is 2.36. The molecule has 0 radical (unpaired) electrons. The first-order chi connectivity index (χ1) is 5.34. The van der Waals surface area contributed by atoms with Gasteiger partial charge in [0, 0.05) is 25.5 Å². The fourth-order valence-corrected chi connectivity index (χ4v) is 0.947. The molecule has 11 heavy (non-hydrogen) atoms. The largest absolute Gasteiger partial charge is 0.380 e. The summed E-state index contributed by atoms with van der Waals surface area (Å²) in [5.41, 5.74) is 0. The maximum Gasteiger partial charge on any atom is 0.105 e. The molecule has 0 bridgehead atoms. The monoisotopic (exact) mass is 154 g/mol. The standard InChI is InChI=1S/C8H14N2O/c1-3-11-7-6-10-5-4-9-8(10)2/h4-5H,3,6-7H2,1-2H3. The van der Waals surface area contributed by atoms with Crippen molar-refractivity contribution in [2.45, 2.75) is 20.4 Å². The first-order valence-electron chi connectivity index (χ1n) is 3.90. The fourth-order valence-electron chi connectivity index (χ4n) is 0.947. The van der Waals surface area contributed by atoms with Crippen molar-refractivity contribution in [1.29, 1.82) is 0 Å². The summed E-state index contributed by atoms with van der Waals surface area (Å²) in [5, 5.41) is 0. The Balaban J connectivity index is 2.32. The molecule has 1 rings (SSSR count). The Labute approximate surface area is 67.0 Å². The van der Waals surface area contributed by atoms with E-state index in [-0.39, 0.29) is 0 Å². The van der Waals surface area contributed by atoms with Crippen LogP contribution in [0.2, 0.25) is 0 Å². The summed E-state index contributed by atoms with van der Waals surface area (Å²) in [5.74, 6) is 1.05. The molecule has 0 aliphatic carbocycles. The highest BCUT2D eigenvalue weighted by atomic mass is 16.5. The summed E-state index contributed by atoms with van der Waals surface area (Å²) in [6.07, 6.45) is 3.77. The van der Waals surface area contributed by atoms with E-state index >= 15 is 0 Å². The molecule has 0 aliphatic rings. The minimum Gasteiger partial charge on any atom is -0.380 e. The molecule has 0 atom stereocenters. The topological polar surface area (TPSA) is 27.1 Å². The normalized spacial score (nSPS) is 10.4. The summed E-state index contributed by atoms with van der Waals surface area (Å²) >= 11 is 0. The van der Waals surface area contributed by atoms with E-state index in [1.165, 1.54) is 0 Å². The van der Waals surface area contributed by atoms with E-state index < -0.39 is 0 Å². The van der Waals surface area contributed by atoms with Gasteiger partial charge in [-0.1, -0.05) is 0 Å². The van der Waals surface area contributed by atoms with Gasteiger partial charge >= 0.3 is 0 Å². The third-order valence-corrected chi connectivity index (χ3v) is 1.60. The van der Waals surface area contributed by atoms with Gasteiger partial charge in [-0.15, -0.1) is 0 Å². The maximum atomic E-state index is 5.21. The summed E-state index contributed by atoms with van der Waals surface area (Å²) < 4.78 is 7.29. The van der Waals surface area contributed by atoms with Crippen molar-refractivity contribution in [2.75, 3.05) is 13.2 Å². The summed E-state index contributed by atoms with van der Waals surface area (Å²) in [6, 6.07) is 0. The Morgan fingerprint density at radius 3 is 3.00 bits per heavy atom. The zero-order chi connectivity index (χ0) is 8.10. The van der Waals surface area contributed by atoms with Crippen LogP contribution in [-0.2, 0) is 11.3 Å². The predicted octanol–water partition coefficient (Wildman–Crippen LogP) is 1.23. The van der Waals surface area contributed by atoms with Gasteiger partial charge in [0.1, 0.15) is 5.82 Å². The van der Waals surface area contributed by atoms with Crippen LogP contribution < -0.4 is 0 Å². The number of aryl methyl sites for hydroxylation is 1. The molecule has 62 valence electrons. The van der Waals surface area contributed by atoms with Crippen LogP contribution in [0.25, 0.3) is 0 Å². The Bertz CT molecular complexity index is 208. The Kier molecular flexibility index (Phi) is 3.11. The van der Waals surface area contributed by atoms with E-state index in [1.54, 1.807) is 6.20 Å².